The van der Waals surface area contributed by atoms with Gasteiger partial charge in [-0.05, 0) is 45.2 Å². The van der Waals surface area contributed by atoms with E-state index in [1.807, 2.05) is 0 Å². The zero-order valence-electron chi connectivity index (χ0n) is 19.7. The highest BCUT2D eigenvalue weighted by Gasteiger charge is 2.17. The molecule has 6 nitrogen and oxygen atoms in total. The molecule has 32 heavy (non-hydrogen) atoms. The monoisotopic (exact) mass is 572 g/mol. The van der Waals surface area contributed by atoms with Crippen molar-refractivity contribution in [2.75, 3.05) is 32.9 Å². The van der Waals surface area contributed by atoms with Gasteiger partial charge in [0.1, 0.15) is 5.75 Å². The zero-order valence-corrected chi connectivity index (χ0v) is 22.8. The molecule has 8 heteroatoms. The van der Waals surface area contributed by atoms with Gasteiger partial charge >= 0.3 is 0 Å². The molecule has 0 radical (unpaired) electrons. The average molecular weight is 573 g/mol. The number of rotatable bonds is 10. The van der Waals surface area contributed by atoms with Crippen LogP contribution in [0.3, 0.4) is 0 Å². The summed E-state index contributed by atoms with van der Waals surface area (Å²) in [6.07, 6.45) is 2.97. The van der Waals surface area contributed by atoms with Gasteiger partial charge in [-0.2, -0.15) is 0 Å². The number of benzene rings is 1. The maximum absolute atomic E-state index is 6.16. The summed E-state index contributed by atoms with van der Waals surface area (Å²) in [5, 5.41) is 7.96. The molecule has 1 aromatic heterocycles. The minimum Gasteiger partial charge on any atom is -0.493 e. The third-order valence-electron chi connectivity index (χ3n) is 5.38. The maximum atomic E-state index is 6.16. The van der Waals surface area contributed by atoms with E-state index in [0.717, 1.165) is 62.8 Å². The number of aliphatic imine (C=N–C) groups is 1. The molecule has 178 valence electrons. The van der Waals surface area contributed by atoms with Gasteiger partial charge in [0.2, 0.25) is 0 Å². The van der Waals surface area contributed by atoms with E-state index in [2.05, 4.69) is 56.5 Å². The number of ether oxygens (including phenoxy) is 2. The first-order valence-corrected chi connectivity index (χ1v) is 12.2. The number of nitrogens with zero attached hydrogens (tertiary/aromatic N) is 2. The summed E-state index contributed by atoms with van der Waals surface area (Å²) in [6.45, 7) is 13.0. The van der Waals surface area contributed by atoms with E-state index in [0.29, 0.717) is 19.1 Å². The van der Waals surface area contributed by atoms with Crippen LogP contribution in [0.4, 0.5) is 0 Å². The van der Waals surface area contributed by atoms with Crippen molar-refractivity contribution >= 4 is 41.3 Å². The molecule has 0 spiro atoms. The van der Waals surface area contributed by atoms with E-state index >= 15 is 0 Å². The van der Waals surface area contributed by atoms with Gasteiger partial charge in [-0.3, -0.25) is 0 Å². The van der Waals surface area contributed by atoms with Crippen molar-refractivity contribution in [2.45, 2.75) is 53.5 Å². The molecule has 1 aliphatic rings. The molecular formula is C24H37IN4O2S. The molecule has 2 heterocycles. The molecule has 0 saturated carbocycles. The van der Waals surface area contributed by atoms with Crippen molar-refractivity contribution < 1.29 is 9.47 Å². The summed E-state index contributed by atoms with van der Waals surface area (Å²) >= 11 is 1.80. The van der Waals surface area contributed by atoms with Crippen molar-refractivity contribution in [1.82, 2.24) is 15.6 Å². The van der Waals surface area contributed by atoms with Crippen LogP contribution in [0.15, 0.2) is 23.2 Å². The van der Waals surface area contributed by atoms with Gasteiger partial charge in [-0.15, -0.1) is 35.3 Å². The Morgan fingerprint density at radius 3 is 2.81 bits per heavy atom. The fraction of sp³-hybridized carbons (Fsp3) is 0.583. The first kappa shape index (κ1) is 26.9. The Balaban J connectivity index is 0.00000363. The SMILES string of the molecule is CCNC(=NCc1ccc(C)cc1OCC1CCOC1)NCCc1nc(CC)c(C)s1.I. The van der Waals surface area contributed by atoms with Crippen LogP contribution in [0.5, 0.6) is 5.75 Å². The lowest BCUT2D eigenvalue weighted by Gasteiger charge is -2.15. The van der Waals surface area contributed by atoms with Crippen LogP contribution in [0, 0.1) is 19.8 Å². The number of nitrogens with one attached hydrogen (secondary N) is 2. The maximum Gasteiger partial charge on any atom is 0.191 e. The molecule has 1 saturated heterocycles. The molecule has 2 N–H and O–H groups in total. The summed E-state index contributed by atoms with van der Waals surface area (Å²) in [7, 11) is 0. The molecule has 0 aliphatic carbocycles. The smallest absolute Gasteiger partial charge is 0.191 e. The summed E-state index contributed by atoms with van der Waals surface area (Å²) in [5.74, 6) is 2.23. The first-order valence-electron chi connectivity index (χ1n) is 11.4. The lowest BCUT2D eigenvalue weighted by Crippen LogP contribution is -2.38. The number of hydrogen-bond acceptors (Lipinski definition) is 5. The average Bonchev–Trinajstić information content (AvgIpc) is 3.40. The summed E-state index contributed by atoms with van der Waals surface area (Å²) in [4.78, 5) is 10.9. The number of guanidine groups is 1. The second-order valence-corrected chi connectivity index (χ2v) is 9.28. The van der Waals surface area contributed by atoms with E-state index in [1.165, 1.54) is 21.1 Å². The predicted molar refractivity (Wildman–Crippen MR) is 144 cm³/mol. The van der Waals surface area contributed by atoms with Gasteiger partial charge in [0.15, 0.2) is 5.96 Å². The van der Waals surface area contributed by atoms with Crippen molar-refractivity contribution in [3.63, 3.8) is 0 Å². The summed E-state index contributed by atoms with van der Waals surface area (Å²) < 4.78 is 11.6. The second-order valence-electron chi connectivity index (χ2n) is 7.99. The lowest BCUT2D eigenvalue weighted by atomic mass is 10.1. The highest BCUT2D eigenvalue weighted by molar-refractivity contribution is 14.0. The molecule has 2 aromatic rings. The fourth-order valence-corrected chi connectivity index (χ4v) is 4.59. The van der Waals surface area contributed by atoms with E-state index in [9.17, 15) is 0 Å². The molecule has 0 amide bonds. The molecule has 3 rings (SSSR count). The Kier molecular flexibility index (Phi) is 11.7. The lowest BCUT2D eigenvalue weighted by molar-refractivity contribution is 0.166. The standard InChI is InChI=1S/C24H36N4O2S.HI/c1-5-21-18(4)31-23(28-21)9-11-26-24(25-6-2)27-14-20-8-7-17(3)13-22(20)30-16-19-10-12-29-15-19;/h7-8,13,19H,5-6,9-12,14-16H2,1-4H3,(H2,25,26,27);1H. The van der Waals surface area contributed by atoms with Gasteiger partial charge in [0.25, 0.3) is 0 Å². The largest absolute Gasteiger partial charge is 0.493 e. The zero-order chi connectivity index (χ0) is 22.1. The molecule has 1 atom stereocenters. The fourth-order valence-electron chi connectivity index (χ4n) is 3.57. The third-order valence-corrected chi connectivity index (χ3v) is 6.45. The number of aromatic nitrogens is 1. The number of aryl methyl sites for hydroxylation is 3. The van der Waals surface area contributed by atoms with Gasteiger partial charge in [0, 0.05) is 42.5 Å². The molecule has 1 fully saturated rings. The van der Waals surface area contributed by atoms with Crippen molar-refractivity contribution in [3.8, 4) is 5.75 Å². The van der Waals surface area contributed by atoms with Crippen molar-refractivity contribution in [2.24, 2.45) is 10.9 Å². The van der Waals surface area contributed by atoms with Crippen molar-refractivity contribution in [1.29, 1.82) is 0 Å². The number of halogens is 1. The van der Waals surface area contributed by atoms with Crippen LogP contribution in [0.1, 0.15) is 47.0 Å². The highest BCUT2D eigenvalue weighted by Crippen LogP contribution is 2.23. The topological polar surface area (TPSA) is 67.8 Å². The Morgan fingerprint density at radius 2 is 2.12 bits per heavy atom. The van der Waals surface area contributed by atoms with E-state index in [-0.39, 0.29) is 24.0 Å². The Morgan fingerprint density at radius 1 is 1.28 bits per heavy atom. The summed E-state index contributed by atoms with van der Waals surface area (Å²) in [5.41, 5.74) is 3.52. The van der Waals surface area contributed by atoms with Gasteiger partial charge in [-0.25, -0.2) is 9.98 Å². The van der Waals surface area contributed by atoms with Crippen molar-refractivity contribution in [3.05, 3.63) is 44.9 Å². The van der Waals surface area contributed by atoms with Crippen LogP contribution in [0.25, 0.3) is 0 Å². The van der Waals surface area contributed by atoms with Crippen LogP contribution < -0.4 is 15.4 Å². The predicted octanol–water partition coefficient (Wildman–Crippen LogP) is 4.65. The van der Waals surface area contributed by atoms with Crippen LogP contribution in [-0.2, 0) is 24.1 Å². The highest BCUT2D eigenvalue weighted by atomic mass is 127. The molecule has 1 aliphatic heterocycles. The van der Waals surface area contributed by atoms with Crippen LogP contribution >= 0.6 is 35.3 Å². The normalized spacial score (nSPS) is 16.0. The van der Waals surface area contributed by atoms with Crippen LogP contribution in [0.2, 0.25) is 0 Å². The number of thiazole rings is 1. The molecular weight excluding hydrogens is 535 g/mol. The van der Waals surface area contributed by atoms with E-state index in [1.54, 1.807) is 11.3 Å². The van der Waals surface area contributed by atoms with Gasteiger partial charge < -0.3 is 20.1 Å². The Hall–Kier alpha value is -1.39. The van der Waals surface area contributed by atoms with E-state index in [4.69, 9.17) is 19.5 Å². The van der Waals surface area contributed by atoms with E-state index < -0.39 is 0 Å². The third kappa shape index (κ3) is 8.19. The van der Waals surface area contributed by atoms with Gasteiger partial charge in [-0.1, -0.05) is 19.1 Å². The first-order chi connectivity index (χ1) is 15.1. The Bertz CT molecular complexity index is 866. The van der Waals surface area contributed by atoms with Crippen LogP contribution in [-0.4, -0.2) is 43.9 Å². The number of hydrogen-bond donors (Lipinski definition) is 2. The summed E-state index contributed by atoms with van der Waals surface area (Å²) in [6, 6.07) is 6.34. The minimum absolute atomic E-state index is 0. The Labute approximate surface area is 213 Å². The molecule has 0 bridgehead atoms. The molecule has 1 unspecified atom stereocenters. The quantitative estimate of drug-likeness (QED) is 0.247. The molecule has 1 aromatic carbocycles. The minimum atomic E-state index is 0. The second kappa shape index (κ2) is 14.0. The van der Waals surface area contributed by atoms with Gasteiger partial charge in [0.05, 0.1) is 30.5 Å².